The Hall–Kier alpha value is -1.84. The van der Waals surface area contributed by atoms with E-state index in [9.17, 15) is 9.59 Å². The average Bonchev–Trinajstić information content (AvgIpc) is 2.36. The third-order valence-electron chi connectivity index (χ3n) is 3.01. The van der Waals surface area contributed by atoms with Crippen LogP contribution in [0, 0.1) is 0 Å². The summed E-state index contributed by atoms with van der Waals surface area (Å²) in [5.74, 6) is -0.251. The van der Waals surface area contributed by atoms with Crippen molar-refractivity contribution in [1.82, 2.24) is 4.90 Å². The molecule has 0 radical (unpaired) electrons. The second kappa shape index (κ2) is 6.92. The van der Waals surface area contributed by atoms with E-state index in [1.807, 2.05) is 45.0 Å². The first-order valence-corrected chi connectivity index (χ1v) is 6.60. The van der Waals surface area contributed by atoms with Crippen LogP contribution in [0.15, 0.2) is 24.3 Å². The molecule has 1 aromatic carbocycles. The van der Waals surface area contributed by atoms with Gasteiger partial charge in [-0.05, 0) is 31.9 Å². The molecule has 0 saturated heterocycles. The fourth-order valence-corrected chi connectivity index (χ4v) is 1.95. The van der Waals surface area contributed by atoms with Gasteiger partial charge >= 0.3 is 0 Å². The van der Waals surface area contributed by atoms with Crippen LogP contribution >= 0.6 is 0 Å². The average molecular weight is 262 g/mol. The van der Waals surface area contributed by atoms with Gasteiger partial charge in [0, 0.05) is 18.7 Å². The van der Waals surface area contributed by atoms with Crippen molar-refractivity contribution in [3.63, 3.8) is 0 Å². The van der Waals surface area contributed by atoms with Gasteiger partial charge in [0.15, 0.2) is 0 Å². The quantitative estimate of drug-likeness (QED) is 0.886. The molecule has 19 heavy (non-hydrogen) atoms. The number of carbonyl (C=O) groups excluding carboxylic acids is 2. The van der Waals surface area contributed by atoms with Crippen molar-refractivity contribution >= 4 is 17.5 Å². The van der Waals surface area contributed by atoms with Crippen LogP contribution in [0.3, 0.4) is 0 Å². The van der Waals surface area contributed by atoms with Gasteiger partial charge in [0.05, 0.1) is 0 Å². The molecule has 1 aromatic rings. The zero-order chi connectivity index (χ0) is 14.4. The first kappa shape index (κ1) is 15.2. The number of nitrogens with one attached hydrogen (secondary N) is 1. The number of amides is 2. The van der Waals surface area contributed by atoms with Crippen molar-refractivity contribution in [2.45, 2.75) is 40.2 Å². The molecule has 1 rings (SSSR count). The van der Waals surface area contributed by atoms with Crippen molar-refractivity contribution in [1.29, 1.82) is 0 Å². The van der Waals surface area contributed by atoms with Crippen LogP contribution in [0.2, 0.25) is 0 Å². The van der Waals surface area contributed by atoms with Gasteiger partial charge in [-0.25, -0.2) is 0 Å². The molecule has 0 atom stereocenters. The minimum absolute atomic E-state index is 0.0182. The second-order valence-electron chi connectivity index (χ2n) is 4.80. The fraction of sp³-hybridized carbons (Fsp3) is 0.467. The lowest BCUT2D eigenvalue weighted by Crippen LogP contribution is -2.41. The zero-order valence-corrected chi connectivity index (χ0v) is 12.1. The summed E-state index contributed by atoms with van der Waals surface area (Å²) in [4.78, 5) is 25.0. The van der Waals surface area contributed by atoms with Gasteiger partial charge in [-0.3, -0.25) is 9.59 Å². The Labute approximate surface area is 114 Å². The highest BCUT2D eigenvalue weighted by molar-refractivity contribution is 5.94. The van der Waals surface area contributed by atoms with Gasteiger partial charge in [0.1, 0.15) is 6.54 Å². The summed E-state index contributed by atoms with van der Waals surface area (Å²) in [6.07, 6.45) is 0.858. The Morgan fingerprint density at radius 3 is 2.42 bits per heavy atom. The first-order valence-electron chi connectivity index (χ1n) is 6.60. The molecule has 0 unspecified atom stereocenters. The minimum Gasteiger partial charge on any atom is -0.331 e. The van der Waals surface area contributed by atoms with E-state index in [4.69, 9.17) is 0 Å². The van der Waals surface area contributed by atoms with E-state index in [0.717, 1.165) is 17.7 Å². The normalized spacial score (nSPS) is 10.4. The molecule has 0 aliphatic heterocycles. The Balaban J connectivity index is 2.72. The van der Waals surface area contributed by atoms with Crippen LogP contribution in [-0.4, -0.2) is 29.3 Å². The maximum Gasteiger partial charge on any atom is 0.244 e. The number of anilines is 1. The third-order valence-corrected chi connectivity index (χ3v) is 3.01. The summed E-state index contributed by atoms with van der Waals surface area (Å²) >= 11 is 0. The smallest absolute Gasteiger partial charge is 0.244 e. The highest BCUT2D eigenvalue weighted by atomic mass is 16.2. The van der Waals surface area contributed by atoms with E-state index < -0.39 is 0 Å². The van der Waals surface area contributed by atoms with Crippen molar-refractivity contribution in [2.24, 2.45) is 0 Å². The summed E-state index contributed by atoms with van der Waals surface area (Å²) in [6, 6.07) is 7.72. The SMILES string of the molecule is CCc1ccccc1NC(=O)CN(C(C)=O)C(C)C. The van der Waals surface area contributed by atoms with E-state index >= 15 is 0 Å². The number of benzene rings is 1. The molecule has 0 aromatic heterocycles. The first-order chi connectivity index (χ1) is 8.95. The molecule has 0 aliphatic carbocycles. The van der Waals surface area contributed by atoms with Crippen LogP contribution in [0.1, 0.15) is 33.3 Å². The van der Waals surface area contributed by atoms with Crippen LogP contribution in [0.5, 0.6) is 0 Å². The molecule has 0 heterocycles. The summed E-state index contributed by atoms with van der Waals surface area (Å²) in [5, 5.41) is 2.87. The molecule has 0 spiro atoms. The van der Waals surface area contributed by atoms with Crippen molar-refractivity contribution in [2.75, 3.05) is 11.9 Å². The molecule has 0 aliphatic rings. The molecule has 0 fully saturated rings. The Morgan fingerprint density at radius 2 is 1.89 bits per heavy atom. The molecule has 4 nitrogen and oxygen atoms in total. The Morgan fingerprint density at radius 1 is 1.26 bits per heavy atom. The van der Waals surface area contributed by atoms with Crippen LogP contribution in [-0.2, 0) is 16.0 Å². The molecular weight excluding hydrogens is 240 g/mol. The number of nitrogens with zero attached hydrogens (tertiary/aromatic N) is 1. The topological polar surface area (TPSA) is 49.4 Å². The fourth-order valence-electron chi connectivity index (χ4n) is 1.95. The van der Waals surface area contributed by atoms with Gasteiger partial charge in [-0.15, -0.1) is 0 Å². The lowest BCUT2D eigenvalue weighted by molar-refractivity contribution is -0.134. The van der Waals surface area contributed by atoms with Crippen LogP contribution < -0.4 is 5.32 Å². The van der Waals surface area contributed by atoms with Gasteiger partial charge in [0.2, 0.25) is 11.8 Å². The van der Waals surface area contributed by atoms with Gasteiger partial charge in [-0.1, -0.05) is 25.1 Å². The second-order valence-corrected chi connectivity index (χ2v) is 4.80. The van der Waals surface area contributed by atoms with Crippen molar-refractivity contribution < 1.29 is 9.59 Å². The number of hydrogen-bond donors (Lipinski definition) is 1. The highest BCUT2D eigenvalue weighted by Crippen LogP contribution is 2.15. The molecule has 2 amide bonds. The van der Waals surface area contributed by atoms with E-state index in [1.165, 1.54) is 6.92 Å². The lowest BCUT2D eigenvalue weighted by Gasteiger charge is -2.24. The Bertz CT molecular complexity index is 455. The number of para-hydroxylation sites is 1. The largest absolute Gasteiger partial charge is 0.331 e. The molecule has 104 valence electrons. The number of carbonyl (C=O) groups is 2. The predicted octanol–water partition coefficient (Wildman–Crippen LogP) is 2.44. The predicted molar refractivity (Wildman–Crippen MR) is 77.0 cm³/mol. The maximum absolute atomic E-state index is 12.0. The Kier molecular flexibility index (Phi) is 5.55. The van der Waals surface area contributed by atoms with Gasteiger partial charge in [-0.2, -0.15) is 0 Å². The van der Waals surface area contributed by atoms with Crippen molar-refractivity contribution in [3.05, 3.63) is 29.8 Å². The number of hydrogen-bond acceptors (Lipinski definition) is 2. The maximum atomic E-state index is 12.0. The molecular formula is C15H22N2O2. The number of rotatable bonds is 5. The van der Waals surface area contributed by atoms with Gasteiger partial charge in [0.25, 0.3) is 0 Å². The van der Waals surface area contributed by atoms with E-state index in [-0.39, 0.29) is 24.4 Å². The summed E-state index contributed by atoms with van der Waals surface area (Å²) in [7, 11) is 0. The number of aryl methyl sites for hydroxylation is 1. The third kappa shape index (κ3) is 4.39. The van der Waals surface area contributed by atoms with Crippen molar-refractivity contribution in [3.8, 4) is 0 Å². The van der Waals surface area contributed by atoms with E-state index in [0.29, 0.717) is 0 Å². The van der Waals surface area contributed by atoms with E-state index in [2.05, 4.69) is 5.32 Å². The summed E-state index contributed by atoms with van der Waals surface area (Å²) in [6.45, 7) is 7.41. The molecule has 0 bridgehead atoms. The minimum atomic E-state index is -0.162. The lowest BCUT2D eigenvalue weighted by atomic mass is 10.1. The summed E-state index contributed by atoms with van der Waals surface area (Å²) in [5.41, 5.74) is 1.91. The van der Waals surface area contributed by atoms with Crippen LogP contribution in [0.25, 0.3) is 0 Å². The highest BCUT2D eigenvalue weighted by Gasteiger charge is 2.17. The van der Waals surface area contributed by atoms with Gasteiger partial charge < -0.3 is 10.2 Å². The molecule has 0 saturated carbocycles. The zero-order valence-electron chi connectivity index (χ0n) is 12.1. The van der Waals surface area contributed by atoms with Crippen LogP contribution in [0.4, 0.5) is 5.69 Å². The van der Waals surface area contributed by atoms with E-state index in [1.54, 1.807) is 4.90 Å². The molecule has 1 N–H and O–H groups in total. The monoisotopic (exact) mass is 262 g/mol. The molecule has 4 heteroatoms. The standard InChI is InChI=1S/C15H22N2O2/c1-5-13-8-6-7-9-14(13)16-15(19)10-17(11(2)3)12(4)18/h6-9,11H,5,10H2,1-4H3,(H,16,19). The summed E-state index contributed by atoms with van der Waals surface area (Å²) < 4.78 is 0.